The number of aldehydes is 1. The van der Waals surface area contributed by atoms with Gasteiger partial charge in [-0.1, -0.05) is 114 Å². The molecule has 1 aromatic carbocycles. The quantitative estimate of drug-likeness (QED) is 0.102. The van der Waals surface area contributed by atoms with Crippen LogP contribution < -0.4 is 0 Å². The van der Waals surface area contributed by atoms with Crippen LogP contribution in [0.25, 0.3) is 0 Å². The first kappa shape index (κ1) is 28.4. The summed E-state index contributed by atoms with van der Waals surface area (Å²) in [5, 5.41) is 0. The van der Waals surface area contributed by atoms with Crippen LogP contribution >= 0.6 is 0 Å². The van der Waals surface area contributed by atoms with Gasteiger partial charge in [0, 0.05) is 12.8 Å². The van der Waals surface area contributed by atoms with E-state index in [-0.39, 0.29) is 12.1 Å². The van der Waals surface area contributed by atoms with E-state index in [4.69, 9.17) is 4.74 Å². The molecule has 0 amide bonds. The summed E-state index contributed by atoms with van der Waals surface area (Å²) in [6, 6.07) is 10.7. The van der Waals surface area contributed by atoms with Crippen molar-refractivity contribution in [3.05, 3.63) is 35.9 Å². The molecular formula is C29H48O3. The summed E-state index contributed by atoms with van der Waals surface area (Å²) in [5.74, 6) is -0.128. The van der Waals surface area contributed by atoms with Crippen LogP contribution in [-0.4, -0.2) is 18.4 Å². The molecule has 0 saturated heterocycles. The molecule has 182 valence electrons. The van der Waals surface area contributed by atoms with E-state index in [2.05, 4.69) is 37.3 Å². The molecule has 1 aromatic rings. The van der Waals surface area contributed by atoms with Gasteiger partial charge in [0.1, 0.15) is 12.4 Å². The highest BCUT2D eigenvalue weighted by atomic mass is 16.5. The van der Waals surface area contributed by atoms with Gasteiger partial charge in [-0.15, -0.1) is 0 Å². The Bertz CT molecular complexity index is 555. The van der Waals surface area contributed by atoms with E-state index in [1.807, 2.05) is 0 Å². The van der Waals surface area contributed by atoms with Crippen molar-refractivity contribution in [2.24, 2.45) is 0 Å². The van der Waals surface area contributed by atoms with Gasteiger partial charge in [0.25, 0.3) is 0 Å². The molecule has 0 heterocycles. The summed E-state index contributed by atoms with van der Waals surface area (Å²) in [5.41, 5.74) is 1.42. The molecule has 0 bridgehead atoms. The van der Waals surface area contributed by atoms with Crippen molar-refractivity contribution in [1.82, 2.24) is 0 Å². The molecule has 0 unspecified atom stereocenters. The van der Waals surface area contributed by atoms with Gasteiger partial charge in [-0.25, -0.2) is 0 Å². The molecule has 0 radical (unpaired) electrons. The van der Waals surface area contributed by atoms with Crippen LogP contribution in [0.2, 0.25) is 0 Å². The van der Waals surface area contributed by atoms with Crippen molar-refractivity contribution in [1.29, 1.82) is 0 Å². The predicted octanol–water partition coefficient (Wildman–Crippen LogP) is 8.38. The first-order valence-electron chi connectivity index (χ1n) is 13.4. The maximum Gasteiger partial charge on any atom is 0.306 e. The summed E-state index contributed by atoms with van der Waals surface area (Å²) in [6.07, 6.45) is 21.8. The molecule has 0 fully saturated rings. The van der Waals surface area contributed by atoms with Crippen molar-refractivity contribution in [2.75, 3.05) is 0 Å². The fourth-order valence-corrected chi connectivity index (χ4v) is 4.21. The largest absolute Gasteiger partial charge is 0.462 e. The topological polar surface area (TPSA) is 43.4 Å². The molecular weight excluding hydrogens is 396 g/mol. The number of rotatable bonds is 22. The average Bonchev–Trinajstić information content (AvgIpc) is 2.80. The number of aryl methyl sites for hydroxylation is 1. The van der Waals surface area contributed by atoms with E-state index in [0.29, 0.717) is 12.8 Å². The van der Waals surface area contributed by atoms with E-state index in [0.717, 1.165) is 38.4 Å². The van der Waals surface area contributed by atoms with Gasteiger partial charge < -0.3 is 9.53 Å². The molecule has 0 spiro atoms. The molecule has 1 rings (SSSR count). The number of esters is 1. The fraction of sp³-hybridized carbons (Fsp3) is 0.724. The molecule has 32 heavy (non-hydrogen) atoms. The SMILES string of the molecule is CCCCCCCCCCC[C@@H](CC=O)OC(=O)CCCCCCCCc1ccccc1. The minimum absolute atomic E-state index is 0.128. The van der Waals surface area contributed by atoms with Gasteiger partial charge in [0.05, 0.1) is 0 Å². The normalized spacial score (nSPS) is 11.9. The molecule has 3 nitrogen and oxygen atoms in total. The number of hydrogen-bond donors (Lipinski definition) is 0. The summed E-state index contributed by atoms with van der Waals surface area (Å²) in [4.78, 5) is 23.1. The number of carbonyl (C=O) groups is 2. The van der Waals surface area contributed by atoms with E-state index in [1.165, 1.54) is 82.6 Å². The summed E-state index contributed by atoms with van der Waals surface area (Å²) in [6.45, 7) is 2.25. The Morgan fingerprint density at radius 3 is 1.97 bits per heavy atom. The number of carbonyl (C=O) groups excluding carboxylic acids is 2. The van der Waals surface area contributed by atoms with Gasteiger partial charge in [0.2, 0.25) is 0 Å². The predicted molar refractivity (Wildman–Crippen MR) is 135 cm³/mol. The second-order valence-electron chi connectivity index (χ2n) is 9.24. The van der Waals surface area contributed by atoms with Crippen molar-refractivity contribution >= 4 is 12.3 Å². The van der Waals surface area contributed by atoms with E-state index >= 15 is 0 Å². The van der Waals surface area contributed by atoms with Crippen LogP contribution in [0, 0.1) is 0 Å². The van der Waals surface area contributed by atoms with E-state index in [9.17, 15) is 9.59 Å². The van der Waals surface area contributed by atoms with Gasteiger partial charge >= 0.3 is 5.97 Å². The molecule has 0 saturated carbocycles. The minimum atomic E-state index is -0.220. The van der Waals surface area contributed by atoms with Crippen LogP contribution in [0.4, 0.5) is 0 Å². The Labute approximate surface area is 197 Å². The van der Waals surface area contributed by atoms with Crippen molar-refractivity contribution in [3.63, 3.8) is 0 Å². The third-order valence-electron chi connectivity index (χ3n) is 6.23. The number of benzene rings is 1. The Balaban J connectivity index is 1.97. The lowest BCUT2D eigenvalue weighted by Crippen LogP contribution is -2.18. The van der Waals surface area contributed by atoms with Crippen molar-refractivity contribution < 1.29 is 14.3 Å². The minimum Gasteiger partial charge on any atom is -0.462 e. The van der Waals surface area contributed by atoms with E-state index in [1.54, 1.807) is 0 Å². The van der Waals surface area contributed by atoms with E-state index < -0.39 is 0 Å². The lowest BCUT2D eigenvalue weighted by molar-refractivity contribution is -0.150. The average molecular weight is 445 g/mol. The Morgan fingerprint density at radius 1 is 0.781 bits per heavy atom. The third kappa shape index (κ3) is 17.0. The summed E-state index contributed by atoms with van der Waals surface area (Å²) >= 11 is 0. The lowest BCUT2D eigenvalue weighted by Gasteiger charge is -2.15. The highest BCUT2D eigenvalue weighted by molar-refractivity contribution is 5.69. The first-order chi connectivity index (χ1) is 15.8. The van der Waals surface area contributed by atoms with Gasteiger partial charge in [-0.2, -0.15) is 0 Å². The van der Waals surface area contributed by atoms with Gasteiger partial charge in [-0.05, 0) is 37.7 Å². The number of hydrogen-bond acceptors (Lipinski definition) is 3. The molecule has 0 aliphatic heterocycles. The maximum atomic E-state index is 12.1. The maximum absolute atomic E-state index is 12.1. The number of unbranched alkanes of at least 4 members (excludes halogenated alkanes) is 13. The second kappa shape index (κ2) is 21.2. The summed E-state index contributed by atoms with van der Waals surface area (Å²) in [7, 11) is 0. The molecule has 3 heteroatoms. The number of ether oxygens (including phenoxy) is 1. The zero-order chi connectivity index (χ0) is 23.1. The molecule has 1 atom stereocenters. The van der Waals surface area contributed by atoms with Crippen LogP contribution in [0.15, 0.2) is 30.3 Å². The fourth-order valence-electron chi connectivity index (χ4n) is 4.21. The van der Waals surface area contributed by atoms with Gasteiger partial charge in [0.15, 0.2) is 0 Å². The second-order valence-corrected chi connectivity index (χ2v) is 9.24. The summed E-state index contributed by atoms with van der Waals surface area (Å²) < 4.78 is 5.59. The highest BCUT2D eigenvalue weighted by Gasteiger charge is 2.13. The van der Waals surface area contributed by atoms with Gasteiger partial charge in [-0.3, -0.25) is 4.79 Å². The Kier molecular flexibility index (Phi) is 18.8. The monoisotopic (exact) mass is 444 g/mol. The van der Waals surface area contributed by atoms with Crippen LogP contribution in [0.5, 0.6) is 0 Å². The Hall–Kier alpha value is -1.64. The third-order valence-corrected chi connectivity index (χ3v) is 6.23. The highest BCUT2D eigenvalue weighted by Crippen LogP contribution is 2.15. The zero-order valence-corrected chi connectivity index (χ0v) is 20.7. The molecule has 0 N–H and O–H groups in total. The first-order valence-corrected chi connectivity index (χ1v) is 13.4. The van der Waals surface area contributed by atoms with Crippen LogP contribution in [0.3, 0.4) is 0 Å². The zero-order valence-electron chi connectivity index (χ0n) is 20.7. The lowest BCUT2D eigenvalue weighted by atomic mass is 10.0. The molecule has 0 aliphatic rings. The van der Waals surface area contributed by atoms with Crippen molar-refractivity contribution in [2.45, 2.75) is 135 Å². The van der Waals surface area contributed by atoms with Crippen LogP contribution in [0.1, 0.15) is 128 Å². The molecule has 0 aromatic heterocycles. The van der Waals surface area contributed by atoms with Crippen molar-refractivity contribution in [3.8, 4) is 0 Å². The molecule has 0 aliphatic carbocycles. The standard InChI is InChI=1S/C29H48O3/c1-2-3-4-5-6-7-8-12-18-23-28(25-26-30)32-29(31)24-19-13-10-9-11-15-20-27-21-16-14-17-22-27/h14,16-17,21-22,26,28H,2-13,15,18-20,23-25H2,1H3/t28-/m0/s1. The smallest absolute Gasteiger partial charge is 0.306 e. The van der Waals surface area contributed by atoms with Crippen LogP contribution in [-0.2, 0) is 20.7 Å². The Morgan fingerprint density at radius 2 is 1.34 bits per heavy atom.